The third kappa shape index (κ3) is 3.19. The van der Waals surface area contributed by atoms with Gasteiger partial charge >= 0.3 is 0 Å². The Morgan fingerprint density at radius 2 is 2.19 bits per heavy atom. The zero-order chi connectivity index (χ0) is 11.4. The van der Waals surface area contributed by atoms with Crippen molar-refractivity contribution in [2.45, 2.75) is 38.1 Å². The summed E-state index contributed by atoms with van der Waals surface area (Å²) in [6, 6.07) is 8.63. The Labute approximate surface area is 106 Å². The second-order valence-electron chi connectivity index (χ2n) is 4.47. The average molecular weight is 280 g/mol. The van der Waals surface area contributed by atoms with E-state index in [0.29, 0.717) is 0 Å². The van der Waals surface area contributed by atoms with Gasteiger partial charge in [0.05, 0.1) is 0 Å². The number of allylic oxidation sites excluding steroid dienone is 1. The molecule has 2 rings (SSSR count). The van der Waals surface area contributed by atoms with Gasteiger partial charge in [0.1, 0.15) is 0 Å². The van der Waals surface area contributed by atoms with E-state index >= 15 is 0 Å². The lowest BCUT2D eigenvalue weighted by Gasteiger charge is -2.19. The molecule has 0 aliphatic heterocycles. The molecule has 1 aliphatic carbocycles. The third-order valence-corrected chi connectivity index (χ3v) is 3.64. The highest BCUT2D eigenvalue weighted by atomic mass is 79.9. The van der Waals surface area contributed by atoms with Crippen molar-refractivity contribution in [1.82, 2.24) is 0 Å². The van der Waals surface area contributed by atoms with Gasteiger partial charge in [-0.05, 0) is 49.8 Å². The fourth-order valence-electron chi connectivity index (χ4n) is 2.25. The Kier molecular flexibility index (Phi) is 4.19. The lowest BCUT2D eigenvalue weighted by atomic mass is 9.91. The average Bonchev–Trinajstić information content (AvgIpc) is 2.30. The smallest absolute Gasteiger partial charge is 0.0294 e. The Balaban J connectivity index is 2.01. The Morgan fingerprint density at radius 3 is 2.88 bits per heavy atom. The molecule has 0 bridgehead atoms. The lowest BCUT2D eigenvalue weighted by Crippen LogP contribution is -2.26. The molecule has 2 N–H and O–H groups in total. The number of benzene rings is 1. The van der Waals surface area contributed by atoms with Crippen molar-refractivity contribution < 1.29 is 0 Å². The molecular formula is C14H18BrN. The molecule has 86 valence electrons. The normalized spacial score (nSPS) is 18.0. The van der Waals surface area contributed by atoms with Crippen LogP contribution in [0.1, 0.15) is 31.2 Å². The Hall–Kier alpha value is -0.600. The minimum absolute atomic E-state index is 0.203. The van der Waals surface area contributed by atoms with E-state index in [1.165, 1.54) is 36.8 Å². The van der Waals surface area contributed by atoms with Gasteiger partial charge < -0.3 is 5.73 Å². The van der Waals surface area contributed by atoms with Crippen molar-refractivity contribution in [2.75, 3.05) is 0 Å². The number of rotatable bonds is 3. The van der Waals surface area contributed by atoms with Crippen LogP contribution in [0.4, 0.5) is 0 Å². The first-order valence-electron chi connectivity index (χ1n) is 5.94. The van der Waals surface area contributed by atoms with Crippen LogP contribution in [0.2, 0.25) is 0 Å². The van der Waals surface area contributed by atoms with Crippen molar-refractivity contribution in [1.29, 1.82) is 0 Å². The van der Waals surface area contributed by atoms with Crippen molar-refractivity contribution in [2.24, 2.45) is 5.73 Å². The summed E-state index contributed by atoms with van der Waals surface area (Å²) in [5.74, 6) is 0. The molecule has 0 saturated carbocycles. The van der Waals surface area contributed by atoms with Crippen LogP contribution < -0.4 is 5.73 Å². The van der Waals surface area contributed by atoms with E-state index < -0.39 is 0 Å². The summed E-state index contributed by atoms with van der Waals surface area (Å²) in [5.41, 5.74) is 9.01. The second-order valence-corrected chi connectivity index (χ2v) is 5.38. The third-order valence-electron chi connectivity index (χ3n) is 3.15. The summed E-state index contributed by atoms with van der Waals surface area (Å²) in [4.78, 5) is 0. The molecule has 0 saturated heterocycles. The van der Waals surface area contributed by atoms with Crippen molar-refractivity contribution in [3.05, 3.63) is 46.0 Å². The van der Waals surface area contributed by atoms with E-state index in [4.69, 9.17) is 5.73 Å². The summed E-state index contributed by atoms with van der Waals surface area (Å²) in [5, 5.41) is 0. The molecule has 2 heteroatoms. The van der Waals surface area contributed by atoms with Crippen molar-refractivity contribution >= 4 is 15.9 Å². The molecule has 1 aromatic carbocycles. The molecule has 0 amide bonds. The number of halogens is 1. The molecule has 1 atom stereocenters. The van der Waals surface area contributed by atoms with Gasteiger partial charge in [0.25, 0.3) is 0 Å². The number of hydrogen-bond donors (Lipinski definition) is 1. The van der Waals surface area contributed by atoms with E-state index in [1.54, 1.807) is 0 Å². The minimum atomic E-state index is 0.203. The summed E-state index contributed by atoms with van der Waals surface area (Å²) < 4.78 is 1.13. The monoisotopic (exact) mass is 279 g/mol. The molecule has 1 unspecified atom stereocenters. The fraction of sp³-hybridized carbons (Fsp3) is 0.429. The Bertz CT molecular complexity index is 384. The molecule has 1 nitrogen and oxygen atoms in total. The van der Waals surface area contributed by atoms with Gasteiger partial charge in [-0.15, -0.1) is 0 Å². The van der Waals surface area contributed by atoms with Gasteiger partial charge in [-0.1, -0.05) is 39.7 Å². The lowest BCUT2D eigenvalue weighted by molar-refractivity contribution is 0.630. The Morgan fingerprint density at radius 1 is 1.31 bits per heavy atom. The van der Waals surface area contributed by atoms with Crippen LogP contribution in [-0.4, -0.2) is 6.04 Å². The van der Waals surface area contributed by atoms with Gasteiger partial charge in [-0.25, -0.2) is 0 Å². The highest BCUT2D eigenvalue weighted by molar-refractivity contribution is 9.10. The van der Waals surface area contributed by atoms with Crippen LogP contribution in [0.25, 0.3) is 0 Å². The van der Waals surface area contributed by atoms with Crippen LogP contribution in [0.5, 0.6) is 0 Å². The standard InChI is InChI=1S/C14H18BrN/c15-13-8-4-5-11(9-13)10-14(16)12-6-2-1-3-7-12/h4-6,8-9,14H,1-3,7,10,16H2. The molecule has 1 aromatic rings. The SMILES string of the molecule is NC(Cc1cccc(Br)c1)C1=CCCCC1. The van der Waals surface area contributed by atoms with Gasteiger partial charge in [0.2, 0.25) is 0 Å². The maximum Gasteiger partial charge on any atom is 0.0294 e. The van der Waals surface area contributed by atoms with Crippen LogP contribution in [-0.2, 0) is 6.42 Å². The zero-order valence-corrected chi connectivity index (χ0v) is 11.0. The van der Waals surface area contributed by atoms with E-state index in [2.05, 4.69) is 46.3 Å². The number of nitrogens with two attached hydrogens (primary N) is 1. The summed E-state index contributed by atoms with van der Waals surface area (Å²) in [6.45, 7) is 0. The topological polar surface area (TPSA) is 26.0 Å². The first-order chi connectivity index (χ1) is 7.75. The van der Waals surface area contributed by atoms with Crippen LogP contribution in [0, 0.1) is 0 Å². The molecule has 0 heterocycles. The van der Waals surface area contributed by atoms with Crippen LogP contribution in [0.3, 0.4) is 0 Å². The second kappa shape index (κ2) is 5.65. The van der Waals surface area contributed by atoms with Crippen molar-refractivity contribution in [3.63, 3.8) is 0 Å². The molecular weight excluding hydrogens is 262 g/mol. The minimum Gasteiger partial charge on any atom is -0.324 e. The van der Waals surface area contributed by atoms with E-state index in [0.717, 1.165) is 10.9 Å². The first kappa shape index (κ1) is 11.9. The quantitative estimate of drug-likeness (QED) is 0.837. The van der Waals surface area contributed by atoms with E-state index in [-0.39, 0.29) is 6.04 Å². The van der Waals surface area contributed by atoms with Crippen LogP contribution in [0.15, 0.2) is 40.4 Å². The highest BCUT2D eigenvalue weighted by Crippen LogP contribution is 2.22. The van der Waals surface area contributed by atoms with E-state index in [1.807, 2.05) is 0 Å². The predicted molar refractivity (Wildman–Crippen MR) is 72.4 cm³/mol. The van der Waals surface area contributed by atoms with Crippen LogP contribution >= 0.6 is 15.9 Å². The molecule has 0 radical (unpaired) electrons. The highest BCUT2D eigenvalue weighted by Gasteiger charge is 2.12. The number of hydrogen-bond acceptors (Lipinski definition) is 1. The van der Waals surface area contributed by atoms with E-state index in [9.17, 15) is 0 Å². The van der Waals surface area contributed by atoms with Crippen molar-refractivity contribution in [3.8, 4) is 0 Å². The van der Waals surface area contributed by atoms with Gasteiger partial charge in [-0.3, -0.25) is 0 Å². The molecule has 0 aromatic heterocycles. The van der Waals surface area contributed by atoms with Gasteiger partial charge in [0, 0.05) is 10.5 Å². The summed E-state index contributed by atoms with van der Waals surface area (Å²) in [6.07, 6.45) is 8.32. The molecule has 0 spiro atoms. The maximum atomic E-state index is 6.25. The first-order valence-corrected chi connectivity index (χ1v) is 6.74. The maximum absolute atomic E-state index is 6.25. The summed E-state index contributed by atoms with van der Waals surface area (Å²) >= 11 is 3.49. The fourth-order valence-corrected chi connectivity index (χ4v) is 2.70. The largest absolute Gasteiger partial charge is 0.324 e. The summed E-state index contributed by atoms with van der Waals surface area (Å²) in [7, 11) is 0. The van der Waals surface area contributed by atoms with Gasteiger partial charge in [0.15, 0.2) is 0 Å². The zero-order valence-electron chi connectivity index (χ0n) is 9.45. The molecule has 1 aliphatic rings. The molecule has 16 heavy (non-hydrogen) atoms. The predicted octanol–water partition coefficient (Wildman–Crippen LogP) is 3.82. The van der Waals surface area contributed by atoms with Gasteiger partial charge in [-0.2, -0.15) is 0 Å². The molecule has 0 fully saturated rings.